The van der Waals surface area contributed by atoms with Crippen LogP contribution in [0.2, 0.25) is 0 Å². The Morgan fingerprint density at radius 2 is 1.34 bits per heavy atom. The molecule has 0 aromatic heterocycles. The zero-order valence-electron chi connectivity index (χ0n) is 16.7. The van der Waals surface area contributed by atoms with Gasteiger partial charge in [-0.05, 0) is 24.6 Å². The SMILES string of the molecule is CCCCCCCCCCCCC1=NC2=CC(S(=O)(=O)O)(S(=O)(=O)O)C=CC2=N1. The second-order valence-corrected chi connectivity index (χ2v) is 11.0. The summed E-state index contributed by atoms with van der Waals surface area (Å²) in [6, 6.07) is 0. The highest BCUT2D eigenvalue weighted by Crippen LogP contribution is 2.34. The Morgan fingerprint density at radius 3 is 1.86 bits per heavy atom. The van der Waals surface area contributed by atoms with Gasteiger partial charge >= 0.3 is 0 Å². The Bertz CT molecular complexity index is 882. The van der Waals surface area contributed by atoms with E-state index in [4.69, 9.17) is 0 Å². The molecule has 29 heavy (non-hydrogen) atoms. The largest absolute Gasteiger partial charge is 0.295 e. The van der Waals surface area contributed by atoms with Gasteiger partial charge in [-0.3, -0.25) is 9.11 Å². The van der Waals surface area contributed by atoms with E-state index in [9.17, 15) is 25.9 Å². The lowest BCUT2D eigenvalue weighted by atomic mass is 10.1. The molecule has 0 atom stereocenters. The number of hydrogen-bond donors (Lipinski definition) is 2. The van der Waals surface area contributed by atoms with Gasteiger partial charge in [-0.2, -0.15) is 16.8 Å². The summed E-state index contributed by atoms with van der Waals surface area (Å²) >= 11 is 0. The summed E-state index contributed by atoms with van der Waals surface area (Å²) in [5.41, 5.74) is 0.333. The summed E-state index contributed by atoms with van der Waals surface area (Å²) in [6.07, 6.45) is 15.1. The highest BCUT2D eigenvalue weighted by atomic mass is 32.3. The van der Waals surface area contributed by atoms with Crippen LogP contribution >= 0.6 is 0 Å². The predicted molar refractivity (Wildman–Crippen MR) is 114 cm³/mol. The summed E-state index contributed by atoms with van der Waals surface area (Å²) in [7, 11) is -10.3. The molecule has 0 amide bonds. The normalized spacial score (nSPS) is 18.2. The Labute approximate surface area is 173 Å². The van der Waals surface area contributed by atoms with Gasteiger partial charge in [0.2, 0.25) is 0 Å². The molecule has 2 aliphatic rings. The van der Waals surface area contributed by atoms with Crippen LogP contribution in [0.3, 0.4) is 0 Å². The monoisotopic (exact) mass is 446 g/mol. The van der Waals surface area contributed by atoms with Crippen molar-refractivity contribution in [1.82, 2.24) is 0 Å². The second-order valence-electron chi connectivity index (χ2n) is 7.49. The molecule has 0 spiro atoms. The molecule has 0 fully saturated rings. The fraction of sp³-hybridized carbons (Fsp3) is 0.684. The summed E-state index contributed by atoms with van der Waals surface area (Å²) < 4.78 is 62.3. The number of rotatable bonds is 13. The Hall–Kier alpha value is -1.36. The summed E-state index contributed by atoms with van der Waals surface area (Å²) in [6.45, 7) is 2.21. The zero-order valence-corrected chi connectivity index (χ0v) is 18.4. The van der Waals surface area contributed by atoms with E-state index in [1.807, 2.05) is 0 Å². The van der Waals surface area contributed by atoms with Gasteiger partial charge in [0.05, 0.1) is 11.4 Å². The van der Waals surface area contributed by atoms with Crippen molar-refractivity contribution in [3.05, 3.63) is 23.9 Å². The van der Waals surface area contributed by atoms with E-state index >= 15 is 0 Å². The van der Waals surface area contributed by atoms with Crippen molar-refractivity contribution in [2.75, 3.05) is 0 Å². The number of aliphatic imine (C=N–C) groups is 2. The van der Waals surface area contributed by atoms with Crippen LogP contribution in [0, 0.1) is 0 Å². The minimum atomic E-state index is -5.16. The van der Waals surface area contributed by atoms with Gasteiger partial charge in [0.25, 0.3) is 24.3 Å². The van der Waals surface area contributed by atoms with Crippen LogP contribution in [-0.4, -0.2) is 41.6 Å². The van der Waals surface area contributed by atoms with Crippen LogP contribution in [0.5, 0.6) is 0 Å². The fourth-order valence-corrected chi connectivity index (χ4v) is 5.48. The first-order valence-electron chi connectivity index (χ1n) is 10.1. The molecule has 0 radical (unpaired) electrons. The lowest BCUT2D eigenvalue weighted by molar-refractivity contribution is 0.450. The topological polar surface area (TPSA) is 133 Å². The van der Waals surface area contributed by atoms with Crippen molar-refractivity contribution in [2.45, 2.75) is 81.6 Å². The molecule has 1 aliphatic heterocycles. The second kappa shape index (κ2) is 10.1. The van der Waals surface area contributed by atoms with E-state index in [1.54, 1.807) is 0 Å². The maximum Gasteiger partial charge on any atom is 0.295 e. The lowest BCUT2D eigenvalue weighted by Crippen LogP contribution is -2.44. The number of hydrogen-bond acceptors (Lipinski definition) is 6. The summed E-state index contributed by atoms with van der Waals surface area (Å²) in [4.78, 5) is 8.45. The van der Waals surface area contributed by atoms with Crippen molar-refractivity contribution in [2.24, 2.45) is 9.98 Å². The van der Waals surface area contributed by atoms with E-state index in [2.05, 4.69) is 16.9 Å². The molecule has 0 aromatic rings. The molecule has 0 bridgehead atoms. The third-order valence-electron chi connectivity index (χ3n) is 5.13. The number of nitrogens with zero attached hydrogens (tertiary/aromatic N) is 2. The van der Waals surface area contributed by atoms with E-state index in [0.29, 0.717) is 24.0 Å². The molecule has 0 saturated heterocycles. The molecule has 2 rings (SSSR count). The molecular formula is C19H30N2O6S2. The molecule has 0 unspecified atom stereocenters. The van der Waals surface area contributed by atoms with Gasteiger partial charge in [-0.25, -0.2) is 9.98 Å². The van der Waals surface area contributed by atoms with Gasteiger partial charge in [-0.15, -0.1) is 0 Å². The van der Waals surface area contributed by atoms with Gasteiger partial charge in [0.1, 0.15) is 5.84 Å². The third-order valence-corrected chi connectivity index (χ3v) is 8.52. The smallest absolute Gasteiger partial charge is 0.284 e. The first-order chi connectivity index (χ1) is 13.6. The van der Waals surface area contributed by atoms with Crippen LogP contribution in [0.1, 0.15) is 77.6 Å². The van der Waals surface area contributed by atoms with E-state index in [1.165, 1.54) is 44.9 Å². The number of allylic oxidation sites excluding steroid dienone is 1. The average Bonchev–Trinajstić information content (AvgIpc) is 3.03. The Balaban J connectivity index is 1.85. The molecule has 2 N–H and O–H groups in total. The van der Waals surface area contributed by atoms with E-state index in [0.717, 1.165) is 31.4 Å². The molecule has 8 nitrogen and oxygen atoms in total. The highest BCUT2D eigenvalue weighted by Gasteiger charge is 2.53. The molecule has 10 heteroatoms. The highest BCUT2D eigenvalue weighted by molar-refractivity contribution is 8.05. The fourth-order valence-electron chi connectivity index (χ4n) is 3.42. The van der Waals surface area contributed by atoms with Crippen LogP contribution in [0.4, 0.5) is 0 Å². The molecule has 0 saturated carbocycles. The predicted octanol–water partition coefficient (Wildman–Crippen LogP) is 4.08. The van der Waals surface area contributed by atoms with Crippen molar-refractivity contribution < 1.29 is 25.9 Å². The lowest BCUT2D eigenvalue weighted by Gasteiger charge is -2.23. The molecule has 1 heterocycles. The van der Waals surface area contributed by atoms with Crippen LogP contribution in [-0.2, 0) is 20.2 Å². The number of amidine groups is 1. The first kappa shape index (κ1) is 23.9. The summed E-state index contributed by atoms with van der Waals surface area (Å²) in [5, 5.41) is 0. The van der Waals surface area contributed by atoms with E-state index < -0.39 is 24.3 Å². The van der Waals surface area contributed by atoms with Gasteiger partial charge < -0.3 is 0 Å². The Kier molecular flexibility index (Phi) is 8.33. The standard InChI is InChI=1S/C19H30N2O6S2/c1-2-3-4-5-6-7-8-9-10-11-12-18-20-16-13-14-19(28(22,23)24,29(25,26)27)15-17(16)21-18/h13-15H,2-12H2,1H3,(H,22,23,24)(H,25,26,27). The van der Waals surface area contributed by atoms with Gasteiger partial charge in [-0.1, -0.05) is 64.7 Å². The van der Waals surface area contributed by atoms with Gasteiger partial charge in [0.15, 0.2) is 0 Å². The maximum absolute atomic E-state index is 11.6. The average molecular weight is 447 g/mol. The third kappa shape index (κ3) is 6.07. The van der Waals surface area contributed by atoms with Crippen LogP contribution in [0.15, 0.2) is 33.9 Å². The van der Waals surface area contributed by atoms with Crippen molar-refractivity contribution >= 4 is 31.8 Å². The minimum Gasteiger partial charge on any atom is -0.284 e. The number of unbranched alkanes of at least 4 members (excludes halogenated alkanes) is 9. The minimum absolute atomic E-state index is 0.0184. The quantitative estimate of drug-likeness (QED) is 0.323. The molecule has 0 aromatic carbocycles. The summed E-state index contributed by atoms with van der Waals surface area (Å²) in [5.74, 6) is 0.483. The van der Waals surface area contributed by atoms with Crippen molar-refractivity contribution in [1.29, 1.82) is 0 Å². The van der Waals surface area contributed by atoms with E-state index in [-0.39, 0.29) is 5.70 Å². The molecular weight excluding hydrogens is 416 g/mol. The molecule has 1 aliphatic carbocycles. The van der Waals surface area contributed by atoms with Crippen LogP contribution in [0.25, 0.3) is 0 Å². The zero-order chi connectivity index (χ0) is 21.5. The molecule has 164 valence electrons. The first-order valence-corrected chi connectivity index (χ1v) is 13.0. The number of fused-ring (bicyclic) bond motifs is 1. The van der Waals surface area contributed by atoms with Crippen molar-refractivity contribution in [3.63, 3.8) is 0 Å². The maximum atomic E-state index is 11.6. The van der Waals surface area contributed by atoms with Gasteiger partial charge in [0, 0.05) is 6.42 Å². The van der Waals surface area contributed by atoms with Crippen LogP contribution < -0.4 is 0 Å². The van der Waals surface area contributed by atoms with Crippen molar-refractivity contribution in [3.8, 4) is 0 Å². The Morgan fingerprint density at radius 1 is 0.828 bits per heavy atom.